The van der Waals surface area contributed by atoms with Crippen LogP contribution in [0.5, 0.6) is 0 Å². The lowest BCUT2D eigenvalue weighted by Crippen LogP contribution is -2.27. The molecule has 0 atom stereocenters. The van der Waals surface area contributed by atoms with E-state index in [1.54, 1.807) is 11.3 Å². The minimum atomic E-state index is 0.0255. The Balaban J connectivity index is 1.25. The average Bonchev–Trinajstić information content (AvgIpc) is 3.36. The smallest absolute Gasteiger partial charge is 0.317 e. The van der Waals surface area contributed by atoms with Crippen LogP contribution in [0, 0.1) is 0 Å². The van der Waals surface area contributed by atoms with Crippen molar-refractivity contribution >= 4 is 22.5 Å². The number of rotatable bonds is 8. The fourth-order valence-electron chi connectivity index (χ4n) is 3.24. The molecule has 1 aromatic heterocycles. The summed E-state index contributed by atoms with van der Waals surface area (Å²) < 4.78 is 0. The first kappa shape index (κ1) is 18.5. The molecule has 2 amide bonds. The second-order valence-electron chi connectivity index (χ2n) is 6.95. The van der Waals surface area contributed by atoms with Crippen LogP contribution < -0.4 is 10.6 Å². The molecule has 2 N–H and O–H groups in total. The summed E-state index contributed by atoms with van der Waals surface area (Å²) in [4.78, 5) is 18.2. The molecule has 3 aromatic rings. The Labute approximate surface area is 169 Å². The number of amides is 2. The highest BCUT2D eigenvalue weighted by Gasteiger charge is 2.19. The van der Waals surface area contributed by atoms with Gasteiger partial charge in [-0.25, -0.2) is 9.78 Å². The number of urea groups is 1. The topological polar surface area (TPSA) is 57.3 Å². The van der Waals surface area contributed by atoms with E-state index >= 15 is 0 Å². The van der Waals surface area contributed by atoms with E-state index < -0.39 is 0 Å². The van der Waals surface area contributed by atoms with E-state index in [4.69, 9.17) is 4.98 Å². The molecular formula is C22H24N4OS. The van der Waals surface area contributed by atoms with Gasteiger partial charge in [-0.05, 0) is 29.5 Å². The monoisotopic (exact) mass is 392 g/mol. The predicted octanol–water partition coefficient (Wildman–Crippen LogP) is 4.07. The number of benzene rings is 2. The van der Waals surface area contributed by atoms with Gasteiger partial charge in [0.1, 0.15) is 0 Å². The summed E-state index contributed by atoms with van der Waals surface area (Å²) in [6.07, 6.45) is 1.97. The summed E-state index contributed by atoms with van der Waals surface area (Å²) in [6.45, 7) is 2.92. The van der Waals surface area contributed by atoms with Crippen molar-refractivity contribution in [2.24, 2.45) is 0 Å². The summed E-state index contributed by atoms with van der Waals surface area (Å²) >= 11 is 1.66. The minimum absolute atomic E-state index is 0.0255. The molecule has 6 heteroatoms. The molecular weight excluding hydrogens is 368 g/mol. The van der Waals surface area contributed by atoms with E-state index in [2.05, 4.69) is 64.5 Å². The lowest BCUT2D eigenvalue weighted by molar-refractivity contribution is 0.215. The highest BCUT2D eigenvalue weighted by molar-refractivity contribution is 7.13. The molecule has 0 bridgehead atoms. The number of carbonyl (C=O) groups excluding carboxylic acids is 1. The van der Waals surface area contributed by atoms with Gasteiger partial charge in [-0.3, -0.25) is 0 Å². The molecule has 28 heavy (non-hydrogen) atoms. The SMILES string of the molecule is O=C1NCCN1Cc1ccc(CNc2nc(CCc3ccccc3)cs2)cc1. The number of carbonyl (C=O) groups is 1. The maximum Gasteiger partial charge on any atom is 0.317 e. The van der Waals surface area contributed by atoms with Crippen molar-refractivity contribution in [1.82, 2.24) is 15.2 Å². The minimum Gasteiger partial charge on any atom is -0.357 e. The maximum absolute atomic E-state index is 11.6. The first-order valence-corrected chi connectivity index (χ1v) is 10.5. The number of thiazole rings is 1. The molecule has 1 fully saturated rings. The standard InChI is InChI=1S/C22H24N4OS/c27-22-23-12-13-26(22)15-19-8-6-18(7-9-19)14-24-21-25-20(16-28-21)11-10-17-4-2-1-3-5-17/h1-9,16H,10-15H2,(H,23,27)(H,24,25). The van der Waals surface area contributed by atoms with E-state index in [1.807, 2.05) is 11.0 Å². The van der Waals surface area contributed by atoms with Crippen LogP contribution >= 0.6 is 11.3 Å². The number of hydrogen-bond acceptors (Lipinski definition) is 4. The van der Waals surface area contributed by atoms with Crippen molar-refractivity contribution in [3.8, 4) is 0 Å². The predicted molar refractivity (Wildman–Crippen MR) is 114 cm³/mol. The van der Waals surface area contributed by atoms with Crippen molar-refractivity contribution in [3.05, 3.63) is 82.4 Å². The molecule has 1 aliphatic rings. The number of aryl methyl sites for hydroxylation is 2. The van der Waals surface area contributed by atoms with E-state index in [1.165, 1.54) is 11.1 Å². The van der Waals surface area contributed by atoms with Gasteiger partial charge in [0, 0.05) is 31.6 Å². The van der Waals surface area contributed by atoms with Crippen LogP contribution in [-0.2, 0) is 25.9 Å². The maximum atomic E-state index is 11.6. The van der Waals surface area contributed by atoms with Gasteiger partial charge in [0.05, 0.1) is 5.69 Å². The van der Waals surface area contributed by atoms with Crippen LogP contribution in [0.2, 0.25) is 0 Å². The van der Waals surface area contributed by atoms with Gasteiger partial charge in [-0.2, -0.15) is 0 Å². The van der Waals surface area contributed by atoms with Crippen LogP contribution in [0.1, 0.15) is 22.4 Å². The Morgan fingerprint density at radius 1 is 1.00 bits per heavy atom. The second kappa shape index (κ2) is 8.89. The van der Waals surface area contributed by atoms with Crippen molar-refractivity contribution < 1.29 is 4.79 Å². The van der Waals surface area contributed by atoms with Gasteiger partial charge in [-0.15, -0.1) is 11.3 Å². The third-order valence-corrected chi connectivity index (χ3v) is 5.70. The van der Waals surface area contributed by atoms with E-state index in [0.29, 0.717) is 6.54 Å². The van der Waals surface area contributed by atoms with Crippen LogP contribution in [0.25, 0.3) is 0 Å². The Morgan fingerprint density at radius 3 is 2.54 bits per heavy atom. The molecule has 0 unspecified atom stereocenters. The van der Waals surface area contributed by atoms with Crippen molar-refractivity contribution in [3.63, 3.8) is 0 Å². The third kappa shape index (κ3) is 4.89. The molecule has 5 nitrogen and oxygen atoms in total. The zero-order valence-electron chi connectivity index (χ0n) is 15.7. The number of aromatic nitrogens is 1. The van der Waals surface area contributed by atoms with Gasteiger partial charge >= 0.3 is 6.03 Å². The van der Waals surface area contributed by atoms with E-state index in [0.717, 1.165) is 48.9 Å². The molecule has 1 saturated heterocycles. The summed E-state index contributed by atoms with van der Waals surface area (Å²) in [5.41, 5.74) is 4.83. The first-order chi connectivity index (χ1) is 13.8. The quantitative estimate of drug-likeness (QED) is 0.608. The Hall–Kier alpha value is -2.86. The molecule has 4 rings (SSSR count). The van der Waals surface area contributed by atoms with Gasteiger partial charge in [0.15, 0.2) is 5.13 Å². The molecule has 0 saturated carbocycles. The molecule has 0 radical (unpaired) electrons. The lowest BCUT2D eigenvalue weighted by atomic mass is 10.1. The number of anilines is 1. The molecule has 2 heterocycles. The Kier molecular flexibility index (Phi) is 5.87. The van der Waals surface area contributed by atoms with Gasteiger partial charge < -0.3 is 15.5 Å². The van der Waals surface area contributed by atoms with Gasteiger partial charge in [-0.1, -0.05) is 54.6 Å². The molecule has 0 spiro atoms. The van der Waals surface area contributed by atoms with Crippen molar-refractivity contribution in [1.29, 1.82) is 0 Å². The summed E-state index contributed by atoms with van der Waals surface area (Å²) in [5.74, 6) is 0. The Bertz CT molecular complexity index is 908. The second-order valence-corrected chi connectivity index (χ2v) is 7.81. The fraction of sp³-hybridized carbons (Fsp3) is 0.273. The average molecular weight is 393 g/mol. The summed E-state index contributed by atoms with van der Waals surface area (Å²) in [6, 6.07) is 19.0. The molecule has 0 aliphatic carbocycles. The van der Waals surface area contributed by atoms with Crippen LogP contribution in [-0.4, -0.2) is 29.0 Å². The zero-order chi connectivity index (χ0) is 19.2. The lowest BCUT2D eigenvalue weighted by Gasteiger charge is -2.14. The van der Waals surface area contributed by atoms with Gasteiger partial charge in [0.25, 0.3) is 0 Å². The summed E-state index contributed by atoms with van der Waals surface area (Å²) in [5, 5.41) is 9.34. The first-order valence-electron chi connectivity index (χ1n) is 9.59. The van der Waals surface area contributed by atoms with E-state index in [-0.39, 0.29) is 6.03 Å². The molecule has 2 aromatic carbocycles. The van der Waals surface area contributed by atoms with E-state index in [9.17, 15) is 4.79 Å². The normalized spacial score (nSPS) is 13.6. The van der Waals surface area contributed by atoms with Crippen LogP contribution in [0.4, 0.5) is 9.93 Å². The van der Waals surface area contributed by atoms with Crippen LogP contribution in [0.15, 0.2) is 60.0 Å². The third-order valence-electron chi connectivity index (χ3n) is 4.85. The highest BCUT2D eigenvalue weighted by Crippen LogP contribution is 2.18. The van der Waals surface area contributed by atoms with Gasteiger partial charge in [0.2, 0.25) is 0 Å². The van der Waals surface area contributed by atoms with Crippen molar-refractivity contribution in [2.75, 3.05) is 18.4 Å². The highest BCUT2D eigenvalue weighted by atomic mass is 32.1. The number of nitrogens with one attached hydrogen (secondary N) is 2. The Morgan fingerprint density at radius 2 is 1.79 bits per heavy atom. The largest absolute Gasteiger partial charge is 0.357 e. The molecule has 144 valence electrons. The zero-order valence-corrected chi connectivity index (χ0v) is 16.5. The van der Waals surface area contributed by atoms with Crippen molar-refractivity contribution in [2.45, 2.75) is 25.9 Å². The number of hydrogen-bond donors (Lipinski definition) is 2. The summed E-state index contributed by atoms with van der Waals surface area (Å²) in [7, 11) is 0. The molecule has 1 aliphatic heterocycles. The fourth-order valence-corrected chi connectivity index (χ4v) is 3.99. The number of nitrogens with zero attached hydrogens (tertiary/aromatic N) is 2. The van der Waals surface area contributed by atoms with Crippen LogP contribution in [0.3, 0.4) is 0 Å².